The first-order chi connectivity index (χ1) is 9.36. The van der Waals surface area contributed by atoms with Crippen LogP contribution in [0.4, 0.5) is 0 Å². The molecule has 20 heavy (non-hydrogen) atoms. The van der Waals surface area contributed by atoms with E-state index in [1.807, 2.05) is 0 Å². The minimum Gasteiger partial charge on any atom is -0.314 e. The van der Waals surface area contributed by atoms with Gasteiger partial charge in [-0.2, -0.15) is 0 Å². The Morgan fingerprint density at radius 2 is 2.10 bits per heavy atom. The van der Waals surface area contributed by atoms with Crippen molar-refractivity contribution in [1.82, 2.24) is 15.1 Å². The van der Waals surface area contributed by atoms with Gasteiger partial charge < -0.3 is 15.1 Å². The second-order valence-electron chi connectivity index (χ2n) is 7.57. The van der Waals surface area contributed by atoms with E-state index in [9.17, 15) is 0 Å². The van der Waals surface area contributed by atoms with Gasteiger partial charge in [0.15, 0.2) is 0 Å². The molecule has 1 fully saturated rings. The standard InChI is InChI=1S/C17H37N3/c1-7-10-17(4,13-18-15(2)3)14-20(6)16-9-8-11-19(5)12-16/h15-16,18H,7-14H2,1-6H3. The summed E-state index contributed by atoms with van der Waals surface area (Å²) in [6.45, 7) is 14.1. The van der Waals surface area contributed by atoms with E-state index in [2.05, 4.69) is 56.9 Å². The maximum atomic E-state index is 3.65. The molecule has 0 aromatic heterocycles. The SMILES string of the molecule is CCCC(C)(CNC(C)C)CN(C)C1CCCN(C)C1. The molecule has 0 bridgehead atoms. The van der Waals surface area contributed by atoms with Crippen LogP contribution in [0, 0.1) is 5.41 Å². The van der Waals surface area contributed by atoms with E-state index >= 15 is 0 Å². The molecule has 3 heteroatoms. The summed E-state index contributed by atoms with van der Waals surface area (Å²) in [7, 11) is 4.58. The van der Waals surface area contributed by atoms with Crippen molar-refractivity contribution in [2.75, 3.05) is 40.3 Å². The highest BCUT2D eigenvalue weighted by molar-refractivity contribution is 4.85. The Hall–Kier alpha value is -0.120. The number of rotatable bonds is 8. The second-order valence-corrected chi connectivity index (χ2v) is 7.57. The molecule has 2 unspecified atom stereocenters. The average Bonchev–Trinajstić information content (AvgIpc) is 2.37. The van der Waals surface area contributed by atoms with Gasteiger partial charge in [0.1, 0.15) is 0 Å². The van der Waals surface area contributed by atoms with Crippen LogP contribution >= 0.6 is 0 Å². The zero-order chi connectivity index (χ0) is 15.2. The van der Waals surface area contributed by atoms with Gasteiger partial charge in [0.2, 0.25) is 0 Å². The maximum absolute atomic E-state index is 3.65. The van der Waals surface area contributed by atoms with Crippen LogP contribution in [0.25, 0.3) is 0 Å². The first-order valence-corrected chi connectivity index (χ1v) is 8.48. The summed E-state index contributed by atoms with van der Waals surface area (Å²) < 4.78 is 0. The highest BCUT2D eigenvalue weighted by atomic mass is 15.2. The molecule has 3 nitrogen and oxygen atoms in total. The number of likely N-dealkylation sites (tertiary alicyclic amines) is 1. The summed E-state index contributed by atoms with van der Waals surface area (Å²) in [5.74, 6) is 0. The minimum atomic E-state index is 0.393. The highest BCUT2D eigenvalue weighted by Gasteiger charge is 2.29. The number of likely N-dealkylation sites (N-methyl/N-ethyl adjacent to an activating group) is 2. The summed E-state index contributed by atoms with van der Waals surface area (Å²) in [5.41, 5.74) is 0.393. The van der Waals surface area contributed by atoms with Gasteiger partial charge in [-0.05, 0) is 45.3 Å². The molecule has 0 spiro atoms. The number of piperidine rings is 1. The Bertz CT molecular complexity index is 267. The van der Waals surface area contributed by atoms with Gasteiger partial charge in [-0.1, -0.05) is 34.1 Å². The van der Waals surface area contributed by atoms with Crippen LogP contribution in [0.2, 0.25) is 0 Å². The molecule has 1 rings (SSSR count). The van der Waals surface area contributed by atoms with Crippen LogP contribution in [-0.2, 0) is 0 Å². The fourth-order valence-electron chi connectivity index (χ4n) is 3.51. The van der Waals surface area contributed by atoms with E-state index in [-0.39, 0.29) is 0 Å². The van der Waals surface area contributed by atoms with Gasteiger partial charge in [0.25, 0.3) is 0 Å². The molecule has 0 saturated carbocycles. The Kier molecular flexibility index (Phi) is 7.49. The third-order valence-electron chi connectivity index (χ3n) is 4.64. The van der Waals surface area contributed by atoms with Gasteiger partial charge >= 0.3 is 0 Å². The molecule has 120 valence electrons. The first-order valence-electron chi connectivity index (χ1n) is 8.48. The highest BCUT2D eigenvalue weighted by Crippen LogP contribution is 2.26. The lowest BCUT2D eigenvalue weighted by molar-refractivity contribution is 0.0870. The second kappa shape index (κ2) is 8.35. The number of nitrogens with zero attached hydrogens (tertiary/aromatic N) is 2. The average molecular weight is 284 g/mol. The van der Waals surface area contributed by atoms with Gasteiger partial charge in [-0.15, -0.1) is 0 Å². The number of hydrogen-bond donors (Lipinski definition) is 1. The quantitative estimate of drug-likeness (QED) is 0.739. The maximum Gasteiger partial charge on any atom is 0.0220 e. The van der Waals surface area contributed by atoms with Crippen LogP contribution in [0.15, 0.2) is 0 Å². The molecule has 1 aliphatic heterocycles. The molecule has 2 atom stereocenters. The summed E-state index contributed by atoms with van der Waals surface area (Å²) in [4.78, 5) is 5.10. The fourth-order valence-corrected chi connectivity index (χ4v) is 3.51. The van der Waals surface area contributed by atoms with Crippen molar-refractivity contribution in [3.63, 3.8) is 0 Å². The lowest BCUT2D eigenvalue weighted by Crippen LogP contribution is -2.50. The van der Waals surface area contributed by atoms with Crippen LogP contribution in [0.3, 0.4) is 0 Å². The normalized spacial score (nSPS) is 24.3. The van der Waals surface area contributed by atoms with Crippen molar-refractivity contribution in [2.45, 2.75) is 65.5 Å². The third-order valence-corrected chi connectivity index (χ3v) is 4.64. The topological polar surface area (TPSA) is 18.5 Å². The summed E-state index contributed by atoms with van der Waals surface area (Å²) in [6.07, 6.45) is 5.29. The molecular weight excluding hydrogens is 246 g/mol. The molecule has 0 aromatic carbocycles. The van der Waals surface area contributed by atoms with Crippen molar-refractivity contribution in [3.05, 3.63) is 0 Å². The largest absolute Gasteiger partial charge is 0.314 e. The first kappa shape index (κ1) is 17.9. The molecular formula is C17H37N3. The summed E-state index contributed by atoms with van der Waals surface area (Å²) >= 11 is 0. The monoisotopic (exact) mass is 283 g/mol. The van der Waals surface area contributed by atoms with E-state index < -0.39 is 0 Å². The lowest BCUT2D eigenvalue weighted by Gasteiger charge is -2.41. The molecule has 0 radical (unpaired) electrons. The van der Waals surface area contributed by atoms with Gasteiger partial charge in [0.05, 0.1) is 0 Å². The van der Waals surface area contributed by atoms with E-state index in [1.165, 1.54) is 45.3 Å². The van der Waals surface area contributed by atoms with E-state index in [0.29, 0.717) is 11.5 Å². The molecule has 0 aromatic rings. The molecule has 1 aliphatic rings. The molecule has 0 amide bonds. The third kappa shape index (κ3) is 6.11. The van der Waals surface area contributed by atoms with Crippen LogP contribution in [-0.4, -0.2) is 62.2 Å². The Labute approximate surface area is 127 Å². The lowest BCUT2D eigenvalue weighted by atomic mass is 9.84. The Morgan fingerprint density at radius 3 is 2.65 bits per heavy atom. The number of hydrogen-bond acceptors (Lipinski definition) is 3. The van der Waals surface area contributed by atoms with E-state index in [0.717, 1.165) is 12.6 Å². The smallest absolute Gasteiger partial charge is 0.0220 e. The van der Waals surface area contributed by atoms with Crippen molar-refractivity contribution >= 4 is 0 Å². The van der Waals surface area contributed by atoms with Crippen molar-refractivity contribution in [3.8, 4) is 0 Å². The minimum absolute atomic E-state index is 0.393. The van der Waals surface area contributed by atoms with Crippen LogP contribution in [0.5, 0.6) is 0 Å². The zero-order valence-electron chi connectivity index (χ0n) is 14.7. The molecule has 0 aliphatic carbocycles. The van der Waals surface area contributed by atoms with Crippen LogP contribution < -0.4 is 5.32 Å². The van der Waals surface area contributed by atoms with E-state index in [1.54, 1.807) is 0 Å². The Morgan fingerprint density at radius 1 is 1.40 bits per heavy atom. The zero-order valence-corrected chi connectivity index (χ0v) is 14.7. The van der Waals surface area contributed by atoms with Gasteiger partial charge in [-0.3, -0.25) is 0 Å². The number of nitrogens with one attached hydrogen (secondary N) is 1. The Balaban J connectivity index is 2.54. The van der Waals surface area contributed by atoms with Crippen molar-refractivity contribution < 1.29 is 0 Å². The van der Waals surface area contributed by atoms with Crippen molar-refractivity contribution in [1.29, 1.82) is 0 Å². The molecule has 1 N–H and O–H groups in total. The predicted octanol–water partition coefficient (Wildman–Crippen LogP) is 2.82. The predicted molar refractivity (Wildman–Crippen MR) is 89.3 cm³/mol. The summed E-state index contributed by atoms with van der Waals surface area (Å²) in [6, 6.07) is 1.32. The van der Waals surface area contributed by atoms with Gasteiger partial charge in [-0.25, -0.2) is 0 Å². The van der Waals surface area contributed by atoms with Gasteiger partial charge in [0, 0.05) is 31.7 Å². The molecule has 1 heterocycles. The summed E-state index contributed by atoms with van der Waals surface area (Å²) in [5, 5.41) is 3.65. The van der Waals surface area contributed by atoms with Crippen LogP contribution in [0.1, 0.15) is 53.4 Å². The molecule has 1 saturated heterocycles. The fraction of sp³-hybridized carbons (Fsp3) is 1.00. The van der Waals surface area contributed by atoms with Crippen molar-refractivity contribution in [2.24, 2.45) is 5.41 Å². The van der Waals surface area contributed by atoms with E-state index in [4.69, 9.17) is 0 Å².